The van der Waals surface area contributed by atoms with Gasteiger partial charge in [-0.15, -0.1) is 11.3 Å². The maximum atomic E-state index is 12.2. The highest BCUT2D eigenvalue weighted by molar-refractivity contribution is 7.12. The number of anilines is 2. The molecule has 1 aliphatic rings. The highest BCUT2D eigenvalue weighted by atomic mass is 32.1. The zero-order valence-corrected chi connectivity index (χ0v) is 11.4. The van der Waals surface area contributed by atoms with Gasteiger partial charge in [-0.25, -0.2) is 0 Å². The van der Waals surface area contributed by atoms with E-state index >= 15 is 0 Å². The molecule has 1 aromatic heterocycles. The lowest BCUT2D eigenvalue weighted by atomic mass is 10.2. The van der Waals surface area contributed by atoms with Crippen LogP contribution in [0.2, 0.25) is 0 Å². The van der Waals surface area contributed by atoms with Gasteiger partial charge in [0.2, 0.25) is 0 Å². The van der Waals surface area contributed by atoms with Crippen molar-refractivity contribution in [3.63, 3.8) is 0 Å². The number of hydrogen-bond donors (Lipinski definition) is 1. The van der Waals surface area contributed by atoms with E-state index in [0.717, 1.165) is 0 Å². The van der Waals surface area contributed by atoms with Crippen LogP contribution in [-0.4, -0.2) is 24.8 Å². The quantitative estimate of drug-likeness (QED) is 0.692. The third-order valence-electron chi connectivity index (χ3n) is 3.05. The van der Waals surface area contributed by atoms with Gasteiger partial charge in [0.1, 0.15) is 11.4 Å². The molecule has 3 rings (SSSR count). The Labute approximate surface area is 119 Å². The summed E-state index contributed by atoms with van der Waals surface area (Å²) in [5.41, 5.74) is 6.81. The Bertz CT molecular complexity index is 667. The lowest BCUT2D eigenvalue weighted by Gasteiger charge is -2.29. The zero-order valence-electron chi connectivity index (χ0n) is 10.5. The number of benzene rings is 1. The average Bonchev–Trinajstić information content (AvgIpc) is 2.96. The lowest BCUT2D eigenvalue weighted by molar-refractivity contribution is -0.121. The molecule has 1 aliphatic heterocycles. The maximum absolute atomic E-state index is 12.2. The topological polar surface area (TPSA) is 72.6 Å². The van der Waals surface area contributed by atoms with Crippen molar-refractivity contribution in [2.45, 2.75) is 0 Å². The van der Waals surface area contributed by atoms with Gasteiger partial charge in [-0.05, 0) is 23.6 Å². The standard InChI is InChI=1S/C14H12N2O3S/c15-9-3-1-4-11-14(9)16(13(18)8-19-11)7-10(17)12-5-2-6-20-12/h1-6H,7-8,15H2. The first-order chi connectivity index (χ1) is 9.66. The smallest absolute Gasteiger partial charge is 0.265 e. The monoisotopic (exact) mass is 288 g/mol. The predicted octanol–water partition coefficient (Wildman–Crippen LogP) is 1.94. The predicted molar refractivity (Wildman–Crippen MR) is 77.4 cm³/mol. The van der Waals surface area contributed by atoms with E-state index in [0.29, 0.717) is 22.0 Å². The van der Waals surface area contributed by atoms with E-state index in [-0.39, 0.29) is 24.8 Å². The summed E-state index contributed by atoms with van der Waals surface area (Å²) in [6, 6.07) is 8.72. The van der Waals surface area contributed by atoms with Crippen LogP contribution in [0.15, 0.2) is 35.7 Å². The molecule has 0 saturated heterocycles. The number of amides is 1. The van der Waals surface area contributed by atoms with E-state index in [9.17, 15) is 9.59 Å². The zero-order chi connectivity index (χ0) is 14.1. The Morgan fingerprint density at radius 3 is 2.95 bits per heavy atom. The van der Waals surface area contributed by atoms with Crippen molar-refractivity contribution >= 4 is 34.4 Å². The molecule has 0 atom stereocenters. The van der Waals surface area contributed by atoms with E-state index in [2.05, 4.69) is 0 Å². The van der Waals surface area contributed by atoms with Crippen molar-refractivity contribution in [1.82, 2.24) is 0 Å². The summed E-state index contributed by atoms with van der Waals surface area (Å²) < 4.78 is 5.34. The van der Waals surface area contributed by atoms with Crippen molar-refractivity contribution in [2.24, 2.45) is 0 Å². The fraction of sp³-hybridized carbons (Fsp3) is 0.143. The van der Waals surface area contributed by atoms with Crippen LogP contribution in [0.3, 0.4) is 0 Å². The Kier molecular flexibility index (Phi) is 3.15. The average molecular weight is 288 g/mol. The number of carbonyl (C=O) groups excluding carboxylic acids is 2. The van der Waals surface area contributed by atoms with Gasteiger partial charge in [0, 0.05) is 0 Å². The maximum Gasteiger partial charge on any atom is 0.265 e. The van der Waals surface area contributed by atoms with Crippen molar-refractivity contribution in [1.29, 1.82) is 0 Å². The van der Waals surface area contributed by atoms with Gasteiger partial charge in [-0.3, -0.25) is 14.5 Å². The second-order valence-electron chi connectivity index (χ2n) is 4.36. The Hall–Kier alpha value is -2.34. The van der Waals surface area contributed by atoms with Crippen LogP contribution >= 0.6 is 11.3 Å². The molecule has 6 heteroatoms. The number of para-hydroxylation sites is 1. The summed E-state index contributed by atoms with van der Waals surface area (Å²) in [4.78, 5) is 26.2. The van der Waals surface area contributed by atoms with Crippen LogP contribution in [0.1, 0.15) is 9.67 Å². The number of nitrogens with two attached hydrogens (primary N) is 1. The number of Topliss-reactive ketones (excluding diaryl/α,β-unsaturated/α-hetero) is 1. The van der Waals surface area contributed by atoms with Crippen molar-refractivity contribution in [3.05, 3.63) is 40.6 Å². The van der Waals surface area contributed by atoms with Gasteiger partial charge in [-0.1, -0.05) is 12.1 Å². The molecule has 0 unspecified atom stereocenters. The second kappa shape index (κ2) is 4.97. The molecule has 0 aliphatic carbocycles. The number of fused-ring (bicyclic) bond motifs is 1. The minimum Gasteiger partial charge on any atom is -0.481 e. The highest BCUT2D eigenvalue weighted by Gasteiger charge is 2.29. The third kappa shape index (κ3) is 2.14. The minimum atomic E-state index is -0.264. The molecular weight excluding hydrogens is 276 g/mol. The number of nitrogen functional groups attached to an aromatic ring is 1. The first-order valence-corrected chi connectivity index (χ1v) is 6.93. The number of hydrogen-bond acceptors (Lipinski definition) is 5. The summed E-state index contributed by atoms with van der Waals surface area (Å²) in [5.74, 6) is 0.160. The molecule has 2 aromatic rings. The van der Waals surface area contributed by atoms with Crippen LogP contribution in [-0.2, 0) is 4.79 Å². The first-order valence-electron chi connectivity index (χ1n) is 6.05. The molecule has 2 heterocycles. The Balaban J connectivity index is 1.94. The summed E-state index contributed by atoms with van der Waals surface area (Å²) in [6.45, 7) is -0.0991. The normalized spacial score (nSPS) is 13.8. The van der Waals surface area contributed by atoms with Gasteiger partial charge < -0.3 is 10.5 Å². The van der Waals surface area contributed by atoms with Crippen LogP contribution < -0.4 is 15.4 Å². The number of rotatable bonds is 3. The molecule has 102 valence electrons. The number of nitrogens with zero attached hydrogens (tertiary/aromatic N) is 1. The molecule has 0 spiro atoms. The molecule has 5 nitrogen and oxygen atoms in total. The number of ether oxygens (including phenoxy) is 1. The molecule has 0 bridgehead atoms. The van der Waals surface area contributed by atoms with Crippen LogP contribution in [0, 0.1) is 0 Å². The second-order valence-corrected chi connectivity index (χ2v) is 5.31. The Morgan fingerprint density at radius 1 is 1.35 bits per heavy atom. The Morgan fingerprint density at radius 2 is 2.20 bits per heavy atom. The summed E-state index contributed by atoms with van der Waals surface area (Å²) >= 11 is 1.36. The lowest BCUT2D eigenvalue weighted by Crippen LogP contribution is -2.42. The molecule has 2 N–H and O–H groups in total. The fourth-order valence-electron chi connectivity index (χ4n) is 2.11. The van der Waals surface area contributed by atoms with Crippen LogP contribution in [0.25, 0.3) is 0 Å². The van der Waals surface area contributed by atoms with Crippen molar-refractivity contribution < 1.29 is 14.3 Å². The van der Waals surface area contributed by atoms with Gasteiger partial charge >= 0.3 is 0 Å². The van der Waals surface area contributed by atoms with Crippen molar-refractivity contribution in [3.8, 4) is 5.75 Å². The van der Waals surface area contributed by atoms with Gasteiger partial charge in [0.15, 0.2) is 12.4 Å². The van der Waals surface area contributed by atoms with Gasteiger partial charge in [-0.2, -0.15) is 0 Å². The molecule has 1 amide bonds. The summed E-state index contributed by atoms with van der Waals surface area (Å²) in [6.07, 6.45) is 0. The van der Waals surface area contributed by atoms with E-state index in [1.165, 1.54) is 16.2 Å². The molecule has 0 radical (unpaired) electrons. The SMILES string of the molecule is Nc1cccc2c1N(CC(=O)c1cccs1)C(=O)CO2. The number of ketones is 1. The fourth-order valence-corrected chi connectivity index (χ4v) is 2.77. The van der Waals surface area contributed by atoms with Crippen molar-refractivity contribution in [2.75, 3.05) is 23.8 Å². The van der Waals surface area contributed by atoms with E-state index in [4.69, 9.17) is 10.5 Å². The molecule has 0 saturated carbocycles. The summed E-state index contributed by atoms with van der Waals surface area (Å²) in [7, 11) is 0. The van der Waals surface area contributed by atoms with E-state index in [1.54, 1.807) is 30.3 Å². The highest BCUT2D eigenvalue weighted by Crippen LogP contribution is 2.37. The molecule has 1 aromatic carbocycles. The largest absolute Gasteiger partial charge is 0.481 e. The minimum absolute atomic E-state index is 0.0239. The van der Waals surface area contributed by atoms with E-state index in [1.807, 2.05) is 5.38 Å². The molecular formula is C14H12N2O3S. The van der Waals surface area contributed by atoms with E-state index < -0.39 is 0 Å². The van der Waals surface area contributed by atoms with Gasteiger partial charge in [0.05, 0.1) is 17.1 Å². The van der Waals surface area contributed by atoms with Gasteiger partial charge in [0.25, 0.3) is 5.91 Å². The number of thiophene rings is 1. The van der Waals surface area contributed by atoms with Crippen LogP contribution in [0.5, 0.6) is 5.75 Å². The van der Waals surface area contributed by atoms with Crippen LogP contribution in [0.4, 0.5) is 11.4 Å². The number of carbonyl (C=O) groups is 2. The first kappa shape index (κ1) is 12.7. The third-order valence-corrected chi connectivity index (χ3v) is 3.96. The summed E-state index contributed by atoms with van der Waals surface area (Å²) in [5, 5.41) is 1.83. The molecule has 0 fully saturated rings. The molecule has 20 heavy (non-hydrogen) atoms.